The molecule has 262 valence electrons. The van der Waals surface area contributed by atoms with E-state index in [1.165, 1.54) is 49.2 Å². The van der Waals surface area contributed by atoms with Crippen molar-refractivity contribution >= 4 is 71.3 Å². The first-order valence-electron chi connectivity index (χ1n) is 19.2. The maximum absolute atomic E-state index is 6.54. The van der Waals surface area contributed by atoms with Crippen molar-refractivity contribution in [3.63, 3.8) is 0 Å². The van der Waals surface area contributed by atoms with E-state index in [2.05, 4.69) is 217 Å². The van der Waals surface area contributed by atoms with E-state index < -0.39 is 0 Å². The molecule has 0 atom stereocenters. The summed E-state index contributed by atoms with van der Waals surface area (Å²) in [5, 5.41) is 9.50. The average molecular weight is 714 g/mol. The Hall–Kier alpha value is -7.42. The van der Waals surface area contributed by atoms with Gasteiger partial charge in [0.2, 0.25) is 0 Å². The molecule has 1 aromatic heterocycles. The summed E-state index contributed by atoms with van der Waals surface area (Å²) >= 11 is 0. The summed E-state index contributed by atoms with van der Waals surface area (Å²) in [6.07, 6.45) is 0. The molecule has 11 aromatic rings. The van der Waals surface area contributed by atoms with Crippen LogP contribution in [0.1, 0.15) is 0 Å². The third kappa shape index (κ3) is 5.34. The fourth-order valence-corrected chi connectivity index (χ4v) is 8.55. The number of para-hydroxylation sites is 1. The van der Waals surface area contributed by atoms with Gasteiger partial charge in [0.25, 0.3) is 0 Å². The number of anilines is 3. The summed E-state index contributed by atoms with van der Waals surface area (Å²) in [7, 11) is 0. The summed E-state index contributed by atoms with van der Waals surface area (Å²) in [6.45, 7) is 0. The monoisotopic (exact) mass is 713 g/mol. The van der Waals surface area contributed by atoms with Crippen molar-refractivity contribution in [3.05, 3.63) is 212 Å². The zero-order chi connectivity index (χ0) is 37.0. The number of nitrogens with zero attached hydrogens (tertiary/aromatic N) is 1. The van der Waals surface area contributed by atoms with E-state index in [0.29, 0.717) is 0 Å². The zero-order valence-corrected chi connectivity index (χ0v) is 30.6. The van der Waals surface area contributed by atoms with Gasteiger partial charge in [-0.2, -0.15) is 0 Å². The van der Waals surface area contributed by atoms with E-state index in [9.17, 15) is 0 Å². The maximum atomic E-state index is 6.54. The number of hydrogen-bond donors (Lipinski definition) is 0. The lowest BCUT2D eigenvalue weighted by Gasteiger charge is -2.29. The van der Waals surface area contributed by atoms with Crippen molar-refractivity contribution < 1.29 is 4.42 Å². The predicted octanol–water partition coefficient (Wildman–Crippen LogP) is 15.5. The highest BCUT2D eigenvalue weighted by Gasteiger charge is 2.21. The number of fused-ring (bicyclic) bond motifs is 8. The normalized spacial score (nSPS) is 11.6. The molecule has 0 spiro atoms. The molecule has 11 rings (SSSR count). The Morgan fingerprint density at radius 1 is 0.304 bits per heavy atom. The quantitative estimate of drug-likeness (QED) is 0.160. The second-order valence-electron chi connectivity index (χ2n) is 14.5. The van der Waals surface area contributed by atoms with Crippen LogP contribution < -0.4 is 4.90 Å². The fourth-order valence-electron chi connectivity index (χ4n) is 8.55. The van der Waals surface area contributed by atoms with Crippen LogP contribution in [0, 0.1) is 0 Å². The van der Waals surface area contributed by atoms with Gasteiger partial charge in [-0.05, 0) is 103 Å². The van der Waals surface area contributed by atoms with Gasteiger partial charge in [-0.1, -0.05) is 164 Å². The standard InChI is InChI=1S/C54H35NO/c1-3-13-36(14-4-1)45-30-28-43(35-50(45)37-15-5-2-6-16-37)55(42-27-31-46-40(33-42)24-23-38-17-7-9-19-44(38)46)52-22-12-11-20-47(52)41-26-32-53-51(34-41)49-29-25-39-18-8-10-21-48(39)54(49)56-53/h1-35H. The van der Waals surface area contributed by atoms with Crippen LogP contribution >= 0.6 is 0 Å². The van der Waals surface area contributed by atoms with Gasteiger partial charge in [-0.15, -0.1) is 0 Å². The summed E-state index contributed by atoms with van der Waals surface area (Å²) < 4.78 is 6.54. The van der Waals surface area contributed by atoms with E-state index in [1.54, 1.807) is 0 Å². The van der Waals surface area contributed by atoms with Gasteiger partial charge in [0.05, 0.1) is 5.69 Å². The highest BCUT2D eigenvalue weighted by atomic mass is 16.3. The molecule has 2 nitrogen and oxygen atoms in total. The van der Waals surface area contributed by atoms with Crippen LogP contribution in [0.2, 0.25) is 0 Å². The van der Waals surface area contributed by atoms with Gasteiger partial charge in [0, 0.05) is 33.1 Å². The molecule has 0 radical (unpaired) electrons. The molecule has 0 aliphatic rings. The molecule has 0 saturated heterocycles. The molecule has 0 saturated carbocycles. The highest BCUT2D eigenvalue weighted by molar-refractivity contribution is 6.16. The van der Waals surface area contributed by atoms with Crippen molar-refractivity contribution in [1.82, 2.24) is 0 Å². The fraction of sp³-hybridized carbons (Fsp3) is 0. The molecular weight excluding hydrogens is 679 g/mol. The molecule has 1 heterocycles. The Morgan fingerprint density at radius 2 is 0.893 bits per heavy atom. The van der Waals surface area contributed by atoms with Crippen LogP contribution in [0.15, 0.2) is 217 Å². The van der Waals surface area contributed by atoms with Gasteiger partial charge in [-0.25, -0.2) is 0 Å². The second kappa shape index (κ2) is 13.2. The molecule has 0 unspecified atom stereocenters. The molecule has 2 heteroatoms. The summed E-state index contributed by atoms with van der Waals surface area (Å²) in [5.41, 5.74) is 12.1. The van der Waals surface area contributed by atoms with Crippen molar-refractivity contribution in [1.29, 1.82) is 0 Å². The van der Waals surface area contributed by atoms with Crippen LogP contribution in [-0.4, -0.2) is 0 Å². The topological polar surface area (TPSA) is 16.4 Å². The zero-order valence-electron chi connectivity index (χ0n) is 30.6. The predicted molar refractivity (Wildman–Crippen MR) is 237 cm³/mol. The molecule has 56 heavy (non-hydrogen) atoms. The minimum absolute atomic E-state index is 0.889. The van der Waals surface area contributed by atoms with Crippen LogP contribution in [0.25, 0.3) is 87.6 Å². The first-order chi connectivity index (χ1) is 27.8. The van der Waals surface area contributed by atoms with Gasteiger partial charge >= 0.3 is 0 Å². The molecular formula is C54H35NO. The first-order valence-corrected chi connectivity index (χ1v) is 19.2. The first kappa shape index (κ1) is 32.0. The van der Waals surface area contributed by atoms with Crippen LogP contribution in [-0.2, 0) is 0 Å². The lowest BCUT2D eigenvalue weighted by molar-refractivity contribution is 0.672. The van der Waals surface area contributed by atoms with Gasteiger partial charge < -0.3 is 9.32 Å². The molecule has 0 N–H and O–H groups in total. The van der Waals surface area contributed by atoms with Crippen molar-refractivity contribution in [3.8, 4) is 33.4 Å². The lowest BCUT2D eigenvalue weighted by Crippen LogP contribution is -2.11. The smallest absolute Gasteiger partial charge is 0.143 e. The second-order valence-corrected chi connectivity index (χ2v) is 14.5. The number of rotatable bonds is 6. The lowest BCUT2D eigenvalue weighted by atomic mass is 9.93. The Balaban J connectivity index is 1.14. The average Bonchev–Trinajstić information content (AvgIpc) is 3.66. The van der Waals surface area contributed by atoms with E-state index in [-0.39, 0.29) is 0 Å². The molecule has 10 aromatic carbocycles. The minimum atomic E-state index is 0.889. The number of furan rings is 1. The van der Waals surface area contributed by atoms with Gasteiger partial charge in [0.1, 0.15) is 11.2 Å². The van der Waals surface area contributed by atoms with E-state index >= 15 is 0 Å². The van der Waals surface area contributed by atoms with Crippen molar-refractivity contribution in [2.75, 3.05) is 4.90 Å². The van der Waals surface area contributed by atoms with E-state index in [1.807, 2.05) is 0 Å². The molecule has 0 bridgehead atoms. The third-order valence-corrected chi connectivity index (χ3v) is 11.2. The van der Waals surface area contributed by atoms with Crippen LogP contribution in [0.4, 0.5) is 17.1 Å². The largest absolute Gasteiger partial charge is 0.455 e. The molecule has 0 amide bonds. The van der Waals surface area contributed by atoms with E-state index in [4.69, 9.17) is 4.42 Å². The molecule has 0 aliphatic carbocycles. The minimum Gasteiger partial charge on any atom is -0.455 e. The summed E-state index contributed by atoms with van der Waals surface area (Å²) in [5.74, 6) is 0. The summed E-state index contributed by atoms with van der Waals surface area (Å²) in [4.78, 5) is 2.43. The maximum Gasteiger partial charge on any atom is 0.143 e. The van der Waals surface area contributed by atoms with E-state index in [0.717, 1.165) is 55.5 Å². The van der Waals surface area contributed by atoms with Gasteiger partial charge in [-0.3, -0.25) is 0 Å². The number of hydrogen-bond acceptors (Lipinski definition) is 2. The van der Waals surface area contributed by atoms with Crippen LogP contribution in [0.3, 0.4) is 0 Å². The Morgan fingerprint density at radius 3 is 1.71 bits per heavy atom. The Labute approximate surface area is 325 Å². The van der Waals surface area contributed by atoms with Crippen molar-refractivity contribution in [2.24, 2.45) is 0 Å². The Kier molecular flexibility index (Phi) is 7.53. The number of benzene rings is 10. The van der Waals surface area contributed by atoms with Gasteiger partial charge in [0.15, 0.2) is 0 Å². The highest BCUT2D eigenvalue weighted by Crippen LogP contribution is 2.46. The summed E-state index contributed by atoms with van der Waals surface area (Å²) in [6, 6.07) is 76.6. The molecule has 0 aliphatic heterocycles. The molecule has 0 fully saturated rings. The Bertz CT molecular complexity index is 3250. The SMILES string of the molecule is c1ccc(-c2ccc(N(c3ccc4c(ccc5ccccc54)c3)c3ccccc3-c3ccc4oc5c6ccccc6ccc5c4c3)cc2-c2ccccc2)cc1. The third-order valence-electron chi connectivity index (χ3n) is 11.2. The van der Waals surface area contributed by atoms with Crippen molar-refractivity contribution in [2.45, 2.75) is 0 Å². The van der Waals surface area contributed by atoms with Crippen LogP contribution in [0.5, 0.6) is 0 Å².